The molecule has 4 nitrogen and oxygen atoms in total. The van der Waals surface area contributed by atoms with Crippen LogP contribution < -0.4 is 10.1 Å². The molecule has 1 saturated heterocycles. The van der Waals surface area contributed by atoms with E-state index < -0.39 is 5.82 Å². The van der Waals surface area contributed by atoms with Gasteiger partial charge in [-0.05, 0) is 30.9 Å². The Kier molecular flexibility index (Phi) is 5.80. The molecule has 110 valence electrons. The number of halogens is 1. The van der Waals surface area contributed by atoms with Gasteiger partial charge in [0, 0.05) is 19.6 Å². The van der Waals surface area contributed by atoms with Crippen molar-refractivity contribution in [3.63, 3.8) is 0 Å². The van der Waals surface area contributed by atoms with Gasteiger partial charge >= 0.3 is 0 Å². The minimum atomic E-state index is -0.391. The monoisotopic (exact) mass is 281 g/mol. The molecule has 1 aliphatic heterocycles. The molecule has 1 aromatic rings. The average Bonchev–Trinajstić information content (AvgIpc) is 2.46. The highest BCUT2D eigenvalue weighted by Crippen LogP contribution is 2.17. The Morgan fingerprint density at radius 3 is 3.05 bits per heavy atom. The zero-order valence-electron chi connectivity index (χ0n) is 11.4. The highest BCUT2D eigenvalue weighted by Gasteiger charge is 2.17. The van der Waals surface area contributed by atoms with Crippen LogP contribution in [-0.2, 0) is 9.53 Å². The number of nitrogens with one attached hydrogen (secondary N) is 1. The fourth-order valence-corrected chi connectivity index (χ4v) is 2.22. The number of benzene rings is 1. The Morgan fingerprint density at radius 2 is 2.30 bits per heavy atom. The zero-order valence-corrected chi connectivity index (χ0v) is 11.4. The molecule has 0 unspecified atom stereocenters. The maximum Gasteiger partial charge on any atom is 0.220 e. The predicted octanol–water partition coefficient (Wildman–Crippen LogP) is 2.14. The number of hydrogen-bond acceptors (Lipinski definition) is 3. The first kappa shape index (κ1) is 14.8. The van der Waals surface area contributed by atoms with Gasteiger partial charge in [0.05, 0.1) is 6.54 Å². The van der Waals surface area contributed by atoms with Crippen LogP contribution in [-0.4, -0.2) is 32.3 Å². The number of carbonyl (C=O) groups is 1. The van der Waals surface area contributed by atoms with Crippen LogP contribution in [0.3, 0.4) is 0 Å². The molecule has 1 heterocycles. The molecular formula is C15H20FNO3. The summed E-state index contributed by atoms with van der Waals surface area (Å²) in [7, 11) is 0. The topological polar surface area (TPSA) is 47.6 Å². The molecule has 0 aromatic heterocycles. The lowest BCUT2D eigenvalue weighted by molar-refractivity contribution is -0.123. The summed E-state index contributed by atoms with van der Waals surface area (Å²) in [5.41, 5.74) is 0. The van der Waals surface area contributed by atoms with Crippen molar-refractivity contribution >= 4 is 5.91 Å². The third kappa shape index (κ3) is 4.81. The third-order valence-electron chi connectivity index (χ3n) is 3.25. The molecular weight excluding hydrogens is 261 g/mol. The summed E-state index contributed by atoms with van der Waals surface area (Å²) >= 11 is 0. The van der Waals surface area contributed by atoms with Crippen molar-refractivity contribution in [3.8, 4) is 5.75 Å². The molecule has 1 atom stereocenters. The molecule has 0 spiro atoms. The normalized spacial score (nSPS) is 18.6. The summed E-state index contributed by atoms with van der Waals surface area (Å²) in [6, 6.07) is 6.23. The SMILES string of the molecule is O=C(C[C@@H]1CCCOC1)NCCOc1ccccc1F. The van der Waals surface area contributed by atoms with Crippen molar-refractivity contribution in [1.29, 1.82) is 0 Å². The van der Waals surface area contributed by atoms with Gasteiger partial charge in [-0.1, -0.05) is 12.1 Å². The number of hydrogen-bond donors (Lipinski definition) is 1. The first-order valence-electron chi connectivity index (χ1n) is 6.97. The average molecular weight is 281 g/mol. The molecule has 0 aliphatic carbocycles. The van der Waals surface area contributed by atoms with Crippen LogP contribution in [0.5, 0.6) is 5.75 Å². The minimum Gasteiger partial charge on any atom is -0.489 e. The standard InChI is InChI=1S/C15H20FNO3/c16-13-5-1-2-6-14(13)20-9-7-17-15(18)10-12-4-3-8-19-11-12/h1-2,5-6,12H,3-4,7-11H2,(H,17,18)/t12-/m0/s1. The number of ether oxygens (including phenoxy) is 2. The van der Waals surface area contributed by atoms with E-state index in [0.717, 1.165) is 19.4 Å². The van der Waals surface area contributed by atoms with Crippen LogP contribution in [0, 0.1) is 11.7 Å². The van der Waals surface area contributed by atoms with Gasteiger partial charge in [0.1, 0.15) is 6.61 Å². The van der Waals surface area contributed by atoms with E-state index in [2.05, 4.69) is 5.32 Å². The van der Waals surface area contributed by atoms with E-state index in [4.69, 9.17) is 9.47 Å². The van der Waals surface area contributed by atoms with Gasteiger partial charge in [-0.2, -0.15) is 0 Å². The Bertz CT molecular complexity index is 433. The summed E-state index contributed by atoms with van der Waals surface area (Å²) in [6.07, 6.45) is 2.55. The third-order valence-corrected chi connectivity index (χ3v) is 3.25. The van der Waals surface area contributed by atoms with Gasteiger partial charge < -0.3 is 14.8 Å². The fourth-order valence-electron chi connectivity index (χ4n) is 2.22. The largest absolute Gasteiger partial charge is 0.489 e. The molecule has 1 aliphatic rings. The second kappa shape index (κ2) is 7.85. The molecule has 5 heteroatoms. The van der Waals surface area contributed by atoms with Crippen molar-refractivity contribution < 1.29 is 18.7 Å². The Hall–Kier alpha value is -1.62. The lowest BCUT2D eigenvalue weighted by atomic mass is 9.98. The van der Waals surface area contributed by atoms with Gasteiger partial charge in [0.25, 0.3) is 0 Å². The maximum atomic E-state index is 13.3. The summed E-state index contributed by atoms with van der Waals surface area (Å²) in [5, 5.41) is 2.78. The first-order valence-corrected chi connectivity index (χ1v) is 6.97. The van der Waals surface area contributed by atoms with Crippen molar-refractivity contribution in [2.24, 2.45) is 5.92 Å². The Labute approximate surface area is 118 Å². The van der Waals surface area contributed by atoms with Crippen LogP contribution in [0.4, 0.5) is 4.39 Å². The van der Waals surface area contributed by atoms with Crippen LogP contribution in [0.25, 0.3) is 0 Å². The van der Waals surface area contributed by atoms with Crippen molar-refractivity contribution in [3.05, 3.63) is 30.1 Å². The first-order chi connectivity index (χ1) is 9.75. The maximum absolute atomic E-state index is 13.3. The van der Waals surface area contributed by atoms with Gasteiger partial charge in [0.2, 0.25) is 5.91 Å². The Morgan fingerprint density at radius 1 is 1.45 bits per heavy atom. The van der Waals surface area contributed by atoms with E-state index >= 15 is 0 Å². The molecule has 0 bridgehead atoms. The second-order valence-corrected chi connectivity index (χ2v) is 4.92. The minimum absolute atomic E-state index is 0.00219. The van der Waals surface area contributed by atoms with E-state index in [-0.39, 0.29) is 18.3 Å². The van der Waals surface area contributed by atoms with E-state index in [1.165, 1.54) is 6.07 Å². The molecule has 1 fully saturated rings. The summed E-state index contributed by atoms with van der Waals surface area (Å²) in [5.74, 6) is 0.134. The molecule has 0 saturated carbocycles. The molecule has 2 rings (SSSR count). The van der Waals surface area contributed by atoms with Crippen molar-refractivity contribution in [2.75, 3.05) is 26.4 Å². The molecule has 0 radical (unpaired) electrons. The molecule has 1 N–H and O–H groups in total. The van der Waals surface area contributed by atoms with Crippen LogP contribution in [0.1, 0.15) is 19.3 Å². The highest BCUT2D eigenvalue weighted by molar-refractivity contribution is 5.76. The van der Waals surface area contributed by atoms with Crippen LogP contribution >= 0.6 is 0 Å². The van der Waals surface area contributed by atoms with E-state index in [0.29, 0.717) is 25.5 Å². The lowest BCUT2D eigenvalue weighted by Crippen LogP contribution is -2.31. The lowest BCUT2D eigenvalue weighted by Gasteiger charge is -2.21. The Balaban J connectivity index is 1.60. The van der Waals surface area contributed by atoms with Crippen LogP contribution in [0.2, 0.25) is 0 Å². The number of rotatable bonds is 6. The fraction of sp³-hybridized carbons (Fsp3) is 0.533. The highest BCUT2D eigenvalue weighted by atomic mass is 19.1. The zero-order chi connectivity index (χ0) is 14.2. The quantitative estimate of drug-likeness (QED) is 0.813. The number of amides is 1. The molecule has 1 amide bonds. The number of para-hydroxylation sites is 1. The second-order valence-electron chi connectivity index (χ2n) is 4.92. The number of carbonyl (C=O) groups excluding carboxylic acids is 1. The summed E-state index contributed by atoms with van der Waals surface area (Å²) < 4.78 is 23.9. The molecule has 20 heavy (non-hydrogen) atoms. The molecule has 1 aromatic carbocycles. The summed E-state index contributed by atoms with van der Waals surface area (Å²) in [6.45, 7) is 2.10. The summed E-state index contributed by atoms with van der Waals surface area (Å²) in [4.78, 5) is 11.7. The van der Waals surface area contributed by atoms with E-state index in [1.54, 1.807) is 18.2 Å². The van der Waals surface area contributed by atoms with E-state index in [9.17, 15) is 9.18 Å². The smallest absolute Gasteiger partial charge is 0.220 e. The van der Waals surface area contributed by atoms with Crippen molar-refractivity contribution in [1.82, 2.24) is 5.32 Å². The van der Waals surface area contributed by atoms with Gasteiger partial charge in [-0.25, -0.2) is 4.39 Å². The van der Waals surface area contributed by atoms with Gasteiger partial charge in [0.15, 0.2) is 11.6 Å². The van der Waals surface area contributed by atoms with Crippen molar-refractivity contribution in [2.45, 2.75) is 19.3 Å². The van der Waals surface area contributed by atoms with E-state index in [1.807, 2.05) is 0 Å². The van der Waals surface area contributed by atoms with Gasteiger partial charge in [-0.15, -0.1) is 0 Å². The predicted molar refractivity (Wildman–Crippen MR) is 73.1 cm³/mol. The van der Waals surface area contributed by atoms with Gasteiger partial charge in [-0.3, -0.25) is 4.79 Å². The van der Waals surface area contributed by atoms with Crippen LogP contribution in [0.15, 0.2) is 24.3 Å².